The van der Waals surface area contributed by atoms with E-state index in [1.165, 1.54) is 6.07 Å². The molecule has 0 aromatic heterocycles. The number of carbonyl (C=O) groups is 1. The van der Waals surface area contributed by atoms with Crippen LogP contribution in [0.2, 0.25) is 0 Å². The third-order valence-electron chi connectivity index (χ3n) is 4.27. The van der Waals surface area contributed by atoms with Crippen LogP contribution in [-0.2, 0) is 22.6 Å². The van der Waals surface area contributed by atoms with Gasteiger partial charge in [0.2, 0.25) is 5.91 Å². The predicted octanol–water partition coefficient (Wildman–Crippen LogP) is 3.01. The third kappa shape index (κ3) is 3.79. The lowest BCUT2D eigenvalue weighted by Gasteiger charge is -2.34. The maximum absolute atomic E-state index is 13.6. The van der Waals surface area contributed by atoms with E-state index < -0.39 is 5.60 Å². The van der Waals surface area contributed by atoms with Crippen LogP contribution in [0.15, 0.2) is 48.5 Å². The molecule has 24 heavy (non-hydrogen) atoms. The number of benzene rings is 2. The molecular weight excluding hydrogens is 325 g/mol. The van der Waals surface area contributed by atoms with E-state index in [1.54, 1.807) is 30.0 Å². The van der Waals surface area contributed by atoms with E-state index in [1.807, 2.05) is 24.3 Å². The van der Waals surface area contributed by atoms with Crippen molar-refractivity contribution in [3.8, 4) is 0 Å². The van der Waals surface area contributed by atoms with Crippen molar-refractivity contribution < 1.29 is 14.3 Å². The molecule has 3 nitrogen and oxygen atoms in total. The van der Waals surface area contributed by atoms with Crippen molar-refractivity contribution in [2.24, 2.45) is 0 Å². The van der Waals surface area contributed by atoms with Crippen molar-refractivity contribution in [3.05, 3.63) is 71.0 Å². The van der Waals surface area contributed by atoms with Gasteiger partial charge in [-0.25, -0.2) is 4.39 Å². The number of hydrogen-bond acceptors (Lipinski definition) is 3. The molecule has 1 unspecified atom stereocenters. The Morgan fingerprint density at radius 2 is 1.96 bits per heavy atom. The van der Waals surface area contributed by atoms with E-state index in [9.17, 15) is 14.3 Å². The molecule has 1 atom stereocenters. The number of fused-ring (bicyclic) bond motifs is 1. The Morgan fingerprint density at radius 3 is 2.79 bits per heavy atom. The first kappa shape index (κ1) is 17.0. The van der Waals surface area contributed by atoms with Crippen molar-refractivity contribution in [2.45, 2.75) is 24.2 Å². The highest BCUT2D eigenvalue weighted by molar-refractivity contribution is 7.98. The van der Waals surface area contributed by atoms with E-state index in [0.29, 0.717) is 17.7 Å². The summed E-state index contributed by atoms with van der Waals surface area (Å²) in [4.78, 5) is 12.1. The van der Waals surface area contributed by atoms with Crippen LogP contribution in [0.25, 0.3) is 0 Å². The van der Waals surface area contributed by atoms with Crippen LogP contribution in [0.1, 0.15) is 23.1 Å². The molecule has 5 heteroatoms. The van der Waals surface area contributed by atoms with Crippen molar-refractivity contribution >= 4 is 17.7 Å². The third-order valence-corrected chi connectivity index (χ3v) is 5.47. The Kier molecular flexibility index (Phi) is 5.21. The van der Waals surface area contributed by atoms with Gasteiger partial charge in [0.25, 0.3) is 0 Å². The molecule has 1 heterocycles. The van der Waals surface area contributed by atoms with Gasteiger partial charge >= 0.3 is 0 Å². The van der Waals surface area contributed by atoms with Crippen LogP contribution >= 0.6 is 11.8 Å². The number of aryl methyl sites for hydroxylation is 1. The van der Waals surface area contributed by atoms with E-state index >= 15 is 0 Å². The number of carbonyl (C=O) groups excluding carboxylic acids is 1. The summed E-state index contributed by atoms with van der Waals surface area (Å²) < 4.78 is 13.6. The highest BCUT2D eigenvalue weighted by Gasteiger charge is 2.34. The topological polar surface area (TPSA) is 49.3 Å². The van der Waals surface area contributed by atoms with Gasteiger partial charge in [0.05, 0.1) is 6.54 Å². The molecular formula is C19H20FNO2S. The van der Waals surface area contributed by atoms with Crippen molar-refractivity contribution in [2.75, 3.05) is 12.3 Å². The molecule has 0 spiro atoms. The molecule has 3 rings (SSSR count). The minimum absolute atomic E-state index is 0.174. The second kappa shape index (κ2) is 7.36. The van der Waals surface area contributed by atoms with Crippen LogP contribution in [-0.4, -0.2) is 23.3 Å². The fourth-order valence-corrected chi connectivity index (χ4v) is 4.11. The molecule has 1 amide bonds. The summed E-state index contributed by atoms with van der Waals surface area (Å²) in [5, 5.41) is 13.7. The number of hydrogen-bond donors (Lipinski definition) is 2. The number of aliphatic hydroxyl groups is 1. The zero-order valence-electron chi connectivity index (χ0n) is 13.3. The van der Waals surface area contributed by atoms with Gasteiger partial charge in [0.1, 0.15) is 11.4 Å². The number of nitrogens with one attached hydrogen (secondary N) is 1. The first-order valence-electron chi connectivity index (χ1n) is 7.97. The fourth-order valence-electron chi connectivity index (χ4n) is 2.94. The van der Waals surface area contributed by atoms with Crippen LogP contribution < -0.4 is 5.32 Å². The Bertz CT molecular complexity index is 737. The molecule has 126 valence electrons. The minimum atomic E-state index is -1.05. The first-order chi connectivity index (χ1) is 11.6. The van der Waals surface area contributed by atoms with Crippen LogP contribution in [0, 0.1) is 5.82 Å². The van der Waals surface area contributed by atoms with Gasteiger partial charge in [-0.15, -0.1) is 0 Å². The Labute approximate surface area is 145 Å². The molecule has 1 aliphatic heterocycles. The highest BCUT2D eigenvalue weighted by Crippen LogP contribution is 2.35. The van der Waals surface area contributed by atoms with Gasteiger partial charge in [0.15, 0.2) is 0 Å². The number of halogens is 1. The molecule has 2 aromatic carbocycles. The quantitative estimate of drug-likeness (QED) is 0.876. The van der Waals surface area contributed by atoms with Gasteiger partial charge < -0.3 is 10.4 Å². The molecule has 0 bridgehead atoms. The van der Waals surface area contributed by atoms with Crippen LogP contribution in [0.3, 0.4) is 0 Å². The number of rotatable bonds is 5. The maximum atomic E-state index is 13.6. The van der Waals surface area contributed by atoms with Crippen molar-refractivity contribution in [1.82, 2.24) is 5.32 Å². The van der Waals surface area contributed by atoms with Gasteiger partial charge in [-0.05, 0) is 29.2 Å². The van der Waals surface area contributed by atoms with Crippen LogP contribution in [0.4, 0.5) is 4.39 Å². The summed E-state index contributed by atoms with van der Waals surface area (Å²) in [7, 11) is 0. The summed E-state index contributed by atoms with van der Waals surface area (Å²) in [6, 6.07) is 14.3. The van der Waals surface area contributed by atoms with Crippen LogP contribution in [0.5, 0.6) is 0 Å². The lowest BCUT2D eigenvalue weighted by molar-refractivity contribution is -0.122. The Morgan fingerprint density at radius 1 is 1.21 bits per heavy atom. The zero-order valence-corrected chi connectivity index (χ0v) is 14.1. The SMILES string of the molecule is O=C(CCc1ccccc1F)NCC1(O)CSCc2ccccc21. The van der Waals surface area contributed by atoms with Gasteiger partial charge in [0, 0.05) is 17.9 Å². The van der Waals surface area contributed by atoms with Crippen molar-refractivity contribution in [1.29, 1.82) is 0 Å². The second-order valence-corrected chi connectivity index (χ2v) is 7.04. The summed E-state index contributed by atoms with van der Waals surface area (Å²) in [5.74, 6) is 0.957. The van der Waals surface area contributed by atoms with Gasteiger partial charge in [-0.3, -0.25) is 4.79 Å². The molecule has 2 N–H and O–H groups in total. The average Bonchev–Trinajstić information content (AvgIpc) is 2.60. The molecule has 2 aromatic rings. The molecule has 0 saturated heterocycles. The summed E-state index contributed by atoms with van der Waals surface area (Å²) in [6.45, 7) is 0.174. The first-order valence-corrected chi connectivity index (χ1v) is 9.12. The average molecular weight is 345 g/mol. The van der Waals surface area contributed by atoms with E-state index in [0.717, 1.165) is 16.9 Å². The fraction of sp³-hybridized carbons (Fsp3) is 0.316. The largest absolute Gasteiger partial charge is 0.382 e. The lowest BCUT2D eigenvalue weighted by Crippen LogP contribution is -2.44. The number of thioether (sulfide) groups is 1. The summed E-state index contributed by atoms with van der Waals surface area (Å²) in [6.07, 6.45) is 0.550. The standard InChI is InChI=1S/C19H20FNO2S/c20-17-8-4-2-5-14(17)9-10-18(22)21-12-19(23)13-24-11-15-6-1-3-7-16(15)19/h1-8,23H,9-13H2,(H,21,22). The molecule has 0 saturated carbocycles. The lowest BCUT2D eigenvalue weighted by atomic mass is 9.91. The van der Waals surface area contributed by atoms with E-state index in [2.05, 4.69) is 5.32 Å². The second-order valence-electron chi connectivity index (χ2n) is 6.05. The monoisotopic (exact) mass is 345 g/mol. The predicted molar refractivity (Wildman–Crippen MR) is 94.2 cm³/mol. The Hall–Kier alpha value is -1.85. The highest BCUT2D eigenvalue weighted by atomic mass is 32.2. The smallest absolute Gasteiger partial charge is 0.220 e. The maximum Gasteiger partial charge on any atom is 0.220 e. The summed E-state index contributed by atoms with van der Waals surface area (Å²) >= 11 is 1.66. The van der Waals surface area contributed by atoms with Crippen molar-refractivity contribution in [3.63, 3.8) is 0 Å². The molecule has 0 aliphatic carbocycles. The summed E-state index contributed by atoms with van der Waals surface area (Å²) in [5.41, 5.74) is 1.48. The van der Waals surface area contributed by atoms with Gasteiger partial charge in [-0.2, -0.15) is 11.8 Å². The van der Waals surface area contributed by atoms with Gasteiger partial charge in [-0.1, -0.05) is 42.5 Å². The normalized spacial score (nSPS) is 19.6. The van der Waals surface area contributed by atoms with E-state index in [4.69, 9.17) is 0 Å². The molecule has 1 aliphatic rings. The number of amides is 1. The minimum Gasteiger partial charge on any atom is -0.382 e. The Balaban J connectivity index is 1.58. The van der Waals surface area contributed by atoms with E-state index in [-0.39, 0.29) is 24.7 Å². The zero-order chi connectivity index (χ0) is 17.0. The molecule has 0 fully saturated rings. The molecule has 0 radical (unpaired) electrons.